The fourth-order valence-electron chi connectivity index (χ4n) is 3.05. The number of carbonyl (C=O) groups is 1. The Kier molecular flexibility index (Phi) is 6.23. The molecule has 0 saturated heterocycles. The van der Waals surface area contributed by atoms with Crippen molar-refractivity contribution >= 4 is 15.9 Å². The topological polar surface area (TPSA) is 84.5 Å². The Morgan fingerprint density at radius 2 is 1.83 bits per heavy atom. The first-order valence-corrected chi connectivity index (χ1v) is 9.76. The average molecular weight is 354 g/mol. The van der Waals surface area contributed by atoms with E-state index in [1.807, 2.05) is 6.92 Å². The third kappa shape index (κ3) is 4.48. The first-order chi connectivity index (χ1) is 11.3. The molecule has 0 radical (unpaired) electrons. The number of amides is 1. The molecule has 0 unspecified atom stereocenters. The Balaban J connectivity index is 2.00. The summed E-state index contributed by atoms with van der Waals surface area (Å²) in [6.45, 7) is 3.29. The first-order valence-electron chi connectivity index (χ1n) is 8.28. The Morgan fingerprint density at radius 3 is 2.46 bits per heavy atom. The van der Waals surface area contributed by atoms with Crippen LogP contribution in [0.4, 0.5) is 0 Å². The molecule has 1 aliphatic carbocycles. The number of hydrogen-bond acceptors (Lipinski definition) is 4. The lowest BCUT2D eigenvalue weighted by Crippen LogP contribution is -2.42. The molecule has 0 atom stereocenters. The molecule has 1 saturated carbocycles. The van der Waals surface area contributed by atoms with E-state index in [4.69, 9.17) is 4.74 Å². The van der Waals surface area contributed by atoms with Crippen LogP contribution in [0.25, 0.3) is 0 Å². The number of ether oxygens (including phenoxy) is 1. The van der Waals surface area contributed by atoms with Crippen molar-refractivity contribution in [3.8, 4) is 5.75 Å². The van der Waals surface area contributed by atoms with E-state index in [1.54, 1.807) is 20.1 Å². The van der Waals surface area contributed by atoms with Crippen LogP contribution in [0.3, 0.4) is 0 Å². The van der Waals surface area contributed by atoms with E-state index in [9.17, 15) is 13.2 Å². The Morgan fingerprint density at radius 1 is 1.17 bits per heavy atom. The molecule has 1 aromatic carbocycles. The van der Waals surface area contributed by atoms with Gasteiger partial charge < -0.3 is 10.1 Å². The third-order valence-corrected chi connectivity index (χ3v) is 6.14. The second-order valence-electron chi connectivity index (χ2n) is 6.24. The van der Waals surface area contributed by atoms with Gasteiger partial charge in [-0.05, 0) is 49.9 Å². The quantitative estimate of drug-likeness (QED) is 0.819. The number of hydrogen-bond donors (Lipinski definition) is 2. The summed E-state index contributed by atoms with van der Waals surface area (Å²) in [5.41, 5.74) is 1.39. The van der Waals surface area contributed by atoms with E-state index in [-0.39, 0.29) is 23.4 Å². The van der Waals surface area contributed by atoms with Gasteiger partial charge in [0.05, 0.1) is 18.6 Å². The van der Waals surface area contributed by atoms with Crippen LogP contribution in [0.2, 0.25) is 0 Å². The Hall–Kier alpha value is -1.60. The van der Waals surface area contributed by atoms with Gasteiger partial charge in [-0.2, -0.15) is 0 Å². The molecule has 0 heterocycles. The van der Waals surface area contributed by atoms with Crippen molar-refractivity contribution in [2.24, 2.45) is 0 Å². The minimum absolute atomic E-state index is 0.167. The summed E-state index contributed by atoms with van der Waals surface area (Å²) in [6, 6.07) is 3.29. The summed E-state index contributed by atoms with van der Waals surface area (Å²) in [5.74, 6) is 0.356. The van der Waals surface area contributed by atoms with Gasteiger partial charge in [0.25, 0.3) is 0 Å². The summed E-state index contributed by atoms with van der Waals surface area (Å²) < 4.78 is 32.5. The molecule has 2 N–H and O–H groups in total. The normalized spacial score (nSPS) is 16.0. The molecular weight excluding hydrogens is 328 g/mol. The van der Waals surface area contributed by atoms with Crippen LogP contribution in [0.15, 0.2) is 17.0 Å². The molecule has 0 aromatic heterocycles. The largest absolute Gasteiger partial charge is 0.496 e. The average Bonchev–Trinajstić information content (AvgIpc) is 2.56. The molecule has 2 rings (SSSR count). The fraction of sp³-hybridized carbons (Fsp3) is 0.588. The highest BCUT2D eigenvalue weighted by Crippen LogP contribution is 2.26. The standard InChI is InChI=1S/C17H26N2O4S/c1-12-13(2)16(10-9-15(12)23-3)24(21,22)18-11-17(20)19-14-7-5-4-6-8-14/h9-10,14,18H,4-8,11H2,1-3H3,(H,19,20). The van der Waals surface area contributed by atoms with Gasteiger partial charge in [-0.25, -0.2) is 13.1 Å². The summed E-state index contributed by atoms with van der Waals surface area (Å²) in [6.07, 6.45) is 5.36. The summed E-state index contributed by atoms with van der Waals surface area (Å²) in [7, 11) is -2.20. The molecule has 0 spiro atoms. The second kappa shape index (κ2) is 7.98. The van der Waals surface area contributed by atoms with E-state index in [2.05, 4.69) is 10.0 Å². The van der Waals surface area contributed by atoms with Gasteiger partial charge in [-0.3, -0.25) is 4.79 Å². The zero-order valence-corrected chi connectivity index (χ0v) is 15.3. The van der Waals surface area contributed by atoms with E-state index in [0.29, 0.717) is 11.3 Å². The van der Waals surface area contributed by atoms with Gasteiger partial charge in [0, 0.05) is 6.04 Å². The lowest BCUT2D eigenvalue weighted by atomic mass is 9.95. The molecule has 134 valence electrons. The van der Waals surface area contributed by atoms with Crippen LogP contribution in [0, 0.1) is 13.8 Å². The summed E-state index contributed by atoms with van der Waals surface area (Å²) in [4.78, 5) is 12.2. The number of benzene rings is 1. The maximum atomic E-state index is 12.5. The molecule has 7 heteroatoms. The van der Waals surface area contributed by atoms with Crippen LogP contribution in [-0.4, -0.2) is 34.0 Å². The van der Waals surface area contributed by atoms with Crippen molar-refractivity contribution < 1.29 is 17.9 Å². The number of nitrogens with one attached hydrogen (secondary N) is 2. The predicted octanol–water partition coefficient (Wildman–Crippen LogP) is 2.04. The predicted molar refractivity (Wildman–Crippen MR) is 92.7 cm³/mol. The van der Waals surface area contributed by atoms with E-state index >= 15 is 0 Å². The molecule has 1 aromatic rings. The number of rotatable bonds is 6. The van der Waals surface area contributed by atoms with Crippen LogP contribution >= 0.6 is 0 Å². The zero-order chi connectivity index (χ0) is 17.7. The van der Waals surface area contributed by atoms with Gasteiger partial charge >= 0.3 is 0 Å². The summed E-state index contributed by atoms with van der Waals surface area (Å²) in [5, 5.41) is 2.90. The highest BCUT2D eigenvalue weighted by molar-refractivity contribution is 7.89. The van der Waals surface area contributed by atoms with Gasteiger partial charge in [-0.1, -0.05) is 19.3 Å². The van der Waals surface area contributed by atoms with Crippen molar-refractivity contribution in [2.45, 2.75) is 56.9 Å². The van der Waals surface area contributed by atoms with E-state index in [1.165, 1.54) is 12.5 Å². The zero-order valence-electron chi connectivity index (χ0n) is 14.5. The third-order valence-electron chi connectivity index (χ3n) is 4.59. The first kappa shape index (κ1) is 18.7. The number of carbonyl (C=O) groups excluding carboxylic acids is 1. The minimum Gasteiger partial charge on any atom is -0.496 e. The fourth-order valence-corrected chi connectivity index (χ4v) is 4.33. The molecule has 6 nitrogen and oxygen atoms in total. The maximum absolute atomic E-state index is 12.5. The maximum Gasteiger partial charge on any atom is 0.241 e. The van der Waals surface area contributed by atoms with E-state index in [0.717, 1.165) is 31.2 Å². The van der Waals surface area contributed by atoms with Crippen molar-refractivity contribution in [3.63, 3.8) is 0 Å². The van der Waals surface area contributed by atoms with Gasteiger partial charge in [0.2, 0.25) is 15.9 Å². The highest BCUT2D eigenvalue weighted by atomic mass is 32.2. The monoisotopic (exact) mass is 354 g/mol. The van der Waals surface area contributed by atoms with Crippen molar-refractivity contribution in [1.29, 1.82) is 0 Å². The van der Waals surface area contributed by atoms with Crippen molar-refractivity contribution in [3.05, 3.63) is 23.3 Å². The lowest BCUT2D eigenvalue weighted by molar-refractivity contribution is -0.120. The van der Waals surface area contributed by atoms with Crippen LogP contribution in [0.1, 0.15) is 43.2 Å². The smallest absolute Gasteiger partial charge is 0.241 e. The molecule has 0 aliphatic heterocycles. The molecule has 24 heavy (non-hydrogen) atoms. The number of methoxy groups -OCH3 is 1. The Bertz CT molecular complexity index is 695. The minimum atomic E-state index is -3.74. The van der Waals surface area contributed by atoms with Crippen LogP contribution < -0.4 is 14.8 Å². The summed E-state index contributed by atoms with van der Waals surface area (Å²) >= 11 is 0. The van der Waals surface area contributed by atoms with Gasteiger partial charge in [0.1, 0.15) is 5.75 Å². The van der Waals surface area contributed by atoms with E-state index < -0.39 is 10.0 Å². The van der Waals surface area contributed by atoms with Crippen LogP contribution in [0.5, 0.6) is 5.75 Å². The highest BCUT2D eigenvalue weighted by Gasteiger charge is 2.21. The van der Waals surface area contributed by atoms with Gasteiger partial charge in [-0.15, -0.1) is 0 Å². The Labute approximate surface area is 144 Å². The van der Waals surface area contributed by atoms with Gasteiger partial charge in [0.15, 0.2) is 0 Å². The SMILES string of the molecule is COc1ccc(S(=O)(=O)NCC(=O)NC2CCCCC2)c(C)c1C. The van der Waals surface area contributed by atoms with Crippen molar-refractivity contribution in [1.82, 2.24) is 10.0 Å². The van der Waals surface area contributed by atoms with Crippen molar-refractivity contribution in [2.75, 3.05) is 13.7 Å². The molecule has 1 fully saturated rings. The molecule has 1 aliphatic rings. The molecule has 1 amide bonds. The lowest BCUT2D eigenvalue weighted by Gasteiger charge is -2.22. The second-order valence-corrected chi connectivity index (χ2v) is 7.98. The number of sulfonamides is 1. The molecule has 0 bridgehead atoms. The molecular formula is C17H26N2O4S. The van der Waals surface area contributed by atoms with Crippen LogP contribution in [-0.2, 0) is 14.8 Å².